The van der Waals surface area contributed by atoms with Crippen LogP contribution < -0.4 is 15.6 Å². The number of carbonyl (C=O) groups is 2. The highest BCUT2D eigenvalue weighted by Gasteiger charge is 2.25. The molecule has 8 heteroatoms. The van der Waals surface area contributed by atoms with Gasteiger partial charge in [0.1, 0.15) is 11.8 Å². The molecule has 1 unspecified atom stereocenters. The summed E-state index contributed by atoms with van der Waals surface area (Å²) in [5, 5.41) is 7.05. The summed E-state index contributed by atoms with van der Waals surface area (Å²) in [5.74, 6) is 0.410. The monoisotopic (exact) mass is 430 g/mol. The van der Waals surface area contributed by atoms with Gasteiger partial charge in [-0.25, -0.2) is 5.43 Å². The van der Waals surface area contributed by atoms with E-state index in [1.165, 1.54) is 12.6 Å². The van der Waals surface area contributed by atoms with Crippen LogP contribution in [0.25, 0.3) is 0 Å². The van der Waals surface area contributed by atoms with Crippen LogP contribution in [0.15, 0.2) is 45.9 Å². The average Bonchev–Trinajstić information content (AvgIpc) is 3.21. The van der Waals surface area contributed by atoms with Crippen molar-refractivity contribution in [3.8, 4) is 0 Å². The number of rotatable bonds is 7. The second-order valence-corrected chi connectivity index (χ2v) is 8.04. The molecule has 2 N–H and O–H groups in total. The molecule has 1 aliphatic rings. The highest BCUT2D eigenvalue weighted by molar-refractivity contribution is 6.33. The minimum atomic E-state index is -0.758. The summed E-state index contributed by atoms with van der Waals surface area (Å²) in [6.07, 6.45) is 5.04. The second-order valence-electron chi connectivity index (χ2n) is 7.63. The van der Waals surface area contributed by atoms with Crippen molar-refractivity contribution in [2.24, 2.45) is 11.0 Å². The zero-order valence-corrected chi connectivity index (χ0v) is 18.0. The lowest BCUT2D eigenvalue weighted by atomic mass is 10.0. The highest BCUT2D eigenvalue weighted by Crippen LogP contribution is 2.21. The van der Waals surface area contributed by atoms with Gasteiger partial charge in [-0.1, -0.05) is 37.6 Å². The molecule has 2 aromatic rings. The number of anilines is 1. The predicted octanol–water partition coefficient (Wildman–Crippen LogP) is 3.83. The largest absolute Gasteiger partial charge is 0.440 e. The maximum Gasteiger partial charge on any atom is 0.262 e. The molecule has 160 valence electrons. The fraction of sp³-hybridized carbons (Fsp3) is 0.409. The first-order chi connectivity index (χ1) is 14.5. The summed E-state index contributed by atoms with van der Waals surface area (Å²) < 4.78 is 5.79. The van der Waals surface area contributed by atoms with E-state index in [-0.39, 0.29) is 5.92 Å². The third-order valence-corrected chi connectivity index (χ3v) is 5.33. The van der Waals surface area contributed by atoms with Gasteiger partial charge in [-0.3, -0.25) is 9.59 Å². The number of nitrogens with one attached hydrogen (secondary N) is 2. The third-order valence-electron chi connectivity index (χ3n) is 5.00. The summed E-state index contributed by atoms with van der Waals surface area (Å²) in [5.41, 5.74) is 2.80. The van der Waals surface area contributed by atoms with Crippen LogP contribution in [-0.4, -0.2) is 37.2 Å². The van der Waals surface area contributed by atoms with E-state index in [1.54, 1.807) is 24.3 Å². The van der Waals surface area contributed by atoms with E-state index >= 15 is 0 Å². The molecule has 1 aliphatic heterocycles. The van der Waals surface area contributed by atoms with Crippen molar-refractivity contribution in [1.82, 2.24) is 10.7 Å². The molecule has 0 aliphatic carbocycles. The normalized spacial score (nSPS) is 15.4. The van der Waals surface area contributed by atoms with E-state index in [4.69, 9.17) is 16.0 Å². The summed E-state index contributed by atoms with van der Waals surface area (Å²) in [6, 6.07) is 9.68. The Morgan fingerprint density at radius 1 is 1.13 bits per heavy atom. The van der Waals surface area contributed by atoms with Crippen molar-refractivity contribution in [2.45, 2.75) is 39.2 Å². The Kier molecular flexibility index (Phi) is 7.52. The molecule has 2 heterocycles. The molecule has 30 heavy (non-hydrogen) atoms. The molecule has 0 saturated carbocycles. The van der Waals surface area contributed by atoms with E-state index < -0.39 is 17.9 Å². The van der Waals surface area contributed by atoms with Gasteiger partial charge in [-0.2, -0.15) is 5.10 Å². The van der Waals surface area contributed by atoms with Crippen molar-refractivity contribution in [2.75, 3.05) is 18.0 Å². The third kappa shape index (κ3) is 5.63. The molecule has 2 amide bonds. The molecule has 1 aromatic carbocycles. The summed E-state index contributed by atoms with van der Waals surface area (Å²) in [7, 11) is 0. The van der Waals surface area contributed by atoms with Crippen LogP contribution >= 0.6 is 11.6 Å². The van der Waals surface area contributed by atoms with Crippen LogP contribution in [0.4, 0.5) is 5.88 Å². The molecule has 0 radical (unpaired) electrons. The molecule has 0 spiro atoms. The number of hydrogen-bond acceptors (Lipinski definition) is 5. The van der Waals surface area contributed by atoms with E-state index in [0.717, 1.165) is 31.8 Å². The van der Waals surface area contributed by atoms with Crippen molar-refractivity contribution < 1.29 is 14.0 Å². The Bertz CT molecular complexity index is 903. The van der Waals surface area contributed by atoms with Gasteiger partial charge in [-0.05, 0) is 43.4 Å². The highest BCUT2D eigenvalue weighted by atomic mass is 35.5. The Morgan fingerprint density at radius 2 is 1.87 bits per heavy atom. The molecule has 1 aromatic heterocycles. The lowest BCUT2D eigenvalue weighted by molar-refractivity contribution is -0.123. The molecule has 1 saturated heterocycles. The van der Waals surface area contributed by atoms with Crippen molar-refractivity contribution >= 4 is 35.5 Å². The smallest absolute Gasteiger partial charge is 0.262 e. The minimum absolute atomic E-state index is 0.138. The van der Waals surface area contributed by atoms with Gasteiger partial charge < -0.3 is 14.6 Å². The van der Waals surface area contributed by atoms with Gasteiger partial charge in [0.15, 0.2) is 5.88 Å². The zero-order chi connectivity index (χ0) is 21.5. The van der Waals surface area contributed by atoms with Gasteiger partial charge in [0, 0.05) is 19.2 Å². The van der Waals surface area contributed by atoms with Crippen LogP contribution in [0.2, 0.25) is 5.02 Å². The molecule has 1 atom stereocenters. The second kappa shape index (κ2) is 10.3. The number of amides is 2. The molecule has 7 nitrogen and oxygen atoms in total. The summed E-state index contributed by atoms with van der Waals surface area (Å²) >= 11 is 6.07. The van der Waals surface area contributed by atoms with Crippen LogP contribution in [-0.2, 0) is 4.79 Å². The molecular weight excluding hydrogens is 404 g/mol. The number of furan rings is 1. The van der Waals surface area contributed by atoms with Gasteiger partial charge >= 0.3 is 0 Å². The number of hydrazone groups is 1. The number of halogens is 1. The summed E-state index contributed by atoms with van der Waals surface area (Å²) in [4.78, 5) is 27.3. The van der Waals surface area contributed by atoms with E-state index in [9.17, 15) is 9.59 Å². The first-order valence-electron chi connectivity index (χ1n) is 10.2. The fourth-order valence-corrected chi connectivity index (χ4v) is 3.55. The van der Waals surface area contributed by atoms with Gasteiger partial charge in [0.2, 0.25) is 0 Å². The van der Waals surface area contributed by atoms with Gasteiger partial charge in [0.25, 0.3) is 11.8 Å². The first-order valence-corrected chi connectivity index (χ1v) is 10.6. The van der Waals surface area contributed by atoms with Crippen LogP contribution in [0.5, 0.6) is 0 Å². The fourth-order valence-electron chi connectivity index (χ4n) is 3.32. The van der Waals surface area contributed by atoms with Crippen molar-refractivity contribution in [1.29, 1.82) is 0 Å². The van der Waals surface area contributed by atoms with Crippen LogP contribution in [0.1, 0.15) is 49.2 Å². The number of carbonyl (C=O) groups excluding carboxylic acids is 2. The van der Waals surface area contributed by atoms with E-state index in [1.807, 2.05) is 26.0 Å². The number of piperidine rings is 1. The van der Waals surface area contributed by atoms with Crippen LogP contribution in [0.3, 0.4) is 0 Å². The van der Waals surface area contributed by atoms with E-state index in [2.05, 4.69) is 20.7 Å². The molecular formula is C22H27ClN4O3. The summed E-state index contributed by atoms with van der Waals surface area (Å²) in [6.45, 7) is 5.67. The lowest BCUT2D eigenvalue weighted by Crippen LogP contribution is -2.48. The van der Waals surface area contributed by atoms with E-state index in [0.29, 0.717) is 16.3 Å². The maximum absolute atomic E-state index is 12.6. The number of benzene rings is 1. The average molecular weight is 431 g/mol. The topological polar surface area (TPSA) is 86.9 Å². The van der Waals surface area contributed by atoms with Gasteiger partial charge in [0.05, 0.1) is 16.8 Å². The molecule has 3 rings (SSSR count). The van der Waals surface area contributed by atoms with Crippen LogP contribution in [0, 0.1) is 5.92 Å². The Labute approximate surface area is 181 Å². The van der Waals surface area contributed by atoms with Crippen molar-refractivity contribution in [3.05, 3.63) is 52.7 Å². The number of nitrogens with zero attached hydrogens (tertiary/aromatic N) is 2. The zero-order valence-electron chi connectivity index (χ0n) is 17.2. The maximum atomic E-state index is 12.6. The predicted molar refractivity (Wildman–Crippen MR) is 118 cm³/mol. The minimum Gasteiger partial charge on any atom is -0.440 e. The van der Waals surface area contributed by atoms with Crippen molar-refractivity contribution in [3.63, 3.8) is 0 Å². The molecule has 1 fully saturated rings. The SMILES string of the molecule is CC(C)C(NC(=O)c1ccccc1Cl)C(=O)NN=Cc1ccc(N2CCCCC2)o1. The Hall–Kier alpha value is -2.80. The Balaban J connectivity index is 1.58. The quantitative estimate of drug-likeness (QED) is 0.516. The lowest BCUT2D eigenvalue weighted by Gasteiger charge is -2.25. The van der Waals surface area contributed by atoms with Gasteiger partial charge in [-0.15, -0.1) is 0 Å². The standard InChI is InChI=1S/C22H27ClN4O3/c1-15(2)20(25-21(28)17-8-4-5-9-18(17)23)22(29)26-24-14-16-10-11-19(30-16)27-12-6-3-7-13-27/h4-5,8-11,14-15,20H,3,6-7,12-13H2,1-2H3,(H,25,28)(H,26,29). The molecule has 0 bridgehead atoms. The number of hydrogen-bond donors (Lipinski definition) is 2. The first kappa shape index (κ1) is 21.9. The Morgan fingerprint density at radius 3 is 2.57 bits per heavy atom.